The van der Waals surface area contributed by atoms with Crippen molar-refractivity contribution >= 4 is 11.9 Å². The number of hydrogen-bond acceptors (Lipinski definition) is 4. The third-order valence-electron chi connectivity index (χ3n) is 5.74. The van der Waals surface area contributed by atoms with Gasteiger partial charge < -0.3 is 9.47 Å². The molecule has 0 saturated carbocycles. The minimum absolute atomic E-state index is 0.281. The average molecular weight is 467 g/mol. The maximum Gasteiger partial charge on any atom is 0.338 e. The summed E-state index contributed by atoms with van der Waals surface area (Å²) in [5, 5.41) is 0. The Morgan fingerprint density at radius 1 is 0.824 bits per heavy atom. The summed E-state index contributed by atoms with van der Waals surface area (Å²) < 4.78 is 11.1. The summed E-state index contributed by atoms with van der Waals surface area (Å²) in [6.45, 7) is 12.1. The van der Waals surface area contributed by atoms with Crippen molar-refractivity contribution in [3.8, 4) is 0 Å². The molecule has 4 nitrogen and oxygen atoms in total. The van der Waals surface area contributed by atoms with Crippen molar-refractivity contribution in [1.82, 2.24) is 0 Å². The third kappa shape index (κ3) is 11.8. The fourth-order valence-electron chi connectivity index (χ4n) is 3.63. The van der Waals surface area contributed by atoms with Gasteiger partial charge in [-0.05, 0) is 56.4 Å². The highest BCUT2D eigenvalue weighted by Gasteiger charge is 2.21. The third-order valence-corrected chi connectivity index (χ3v) is 5.74. The van der Waals surface area contributed by atoms with Crippen molar-refractivity contribution in [2.45, 2.75) is 84.8 Å². The Hall–Kier alpha value is -2.88. The molecule has 2 unspecified atom stereocenters. The van der Waals surface area contributed by atoms with E-state index in [0.29, 0.717) is 17.5 Å². The lowest BCUT2D eigenvalue weighted by atomic mass is 9.98. The molecule has 0 bridgehead atoms. The number of carbonyl (C=O) groups excluding carboxylic acids is 2. The van der Waals surface area contributed by atoms with Gasteiger partial charge in [-0.25, -0.2) is 9.59 Å². The first-order chi connectivity index (χ1) is 16.4. The molecule has 0 heterocycles. The van der Waals surface area contributed by atoms with Crippen molar-refractivity contribution < 1.29 is 19.1 Å². The average Bonchev–Trinajstić information content (AvgIpc) is 2.86. The molecule has 0 aromatic heterocycles. The molecule has 2 atom stereocenters. The van der Waals surface area contributed by atoms with Crippen LogP contribution in [0.15, 0.2) is 73.3 Å². The molecule has 2 aromatic rings. The van der Waals surface area contributed by atoms with Crippen LogP contribution >= 0.6 is 0 Å². The predicted molar refractivity (Wildman–Crippen MR) is 140 cm³/mol. The van der Waals surface area contributed by atoms with Crippen LogP contribution in [0.5, 0.6) is 0 Å². The first-order valence-electron chi connectivity index (χ1n) is 12.6. The van der Waals surface area contributed by atoms with Crippen LogP contribution in [0.25, 0.3) is 0 Å². The lowest BCUT2D eigenvalue weighted by Gasteiger charge is -2.21. The van der Waals surface area contributed by atoms with Gasteiger partial charge in [0.15, 0.2) is 0 Å². The van der Waals surface area contributed by atoms with E-state index in [1.54, 1.807) is 48.5 Å². The predicted octanol–water partition coefficient (Wildman–Crippen LogP) is 8.04. The molecular formula is C30H42O4. The molecule has 0 spiro atoms. The van der Waals surface area contributed by atoms with Crippen LogP contribution < -0.4 is 0 Å². The summed E-state index contributed by atoms with van der Waals surface area (Å²) in [6.07, 6.45) is 8.64. The highest BCUT2D eigenvalue weighted by molar-refractivity contribution is 5.90. The molecule has 186 valence electrons. The van der Waals surface area contributed by atoms with Crippen LogP contribution in [0.1, 0.15) is 93.4 Å². The van der Waals surface area contributed by atoms with Crippen LogP contribution in [0.3, 0.4) is 0 Å². The topological polar surface area (TPSA) is 52.6 Å². The van der Waals surface area contributed by atoms with E-state index in [4.69, 9.17) is 9.47 Å². The second-order valence-corrected chi connectivity index (χ2v) is 8.55. The molecule has 0 N–H and O–H groups in total. The van der Waals surface area contributed by atoms with E-state index >= 15 is 0 Å². The summed E-state index contributed by atoms with van der Waals surface area (Å²) in [4.78, 5) is 24.3. The highest BCUT2D eigenvalue weighted by atomic mass is 16.6. The number of benzene rings is 2. The number of esters is 2. The molecule has 34 heavy (non-hydrogen) atoms. The molecule has 2 aromatic carbocycles. The number of ether oxygens (including phenoxy) is 2. The van der Waals surface area contributed by atoms with Gasteiger partial charge in [-0.2, -0.15) is 0 Å². The molecule has 0 amide bonds. The number of rotatable bonds is 13. The fraction of sp³-hybridized carbons (Fsp3) is 0.467. The molecular weight excluding hydrogens is 424 g/mol. The fourth-order valence-corrected chi connectivity index (χ4v) is 3.63. The van der Waals surface area contributed by atoms with Crippen molar-refractivity contribution in [2.75, 3.05) is 0 Å². The van der Waals surface area contributed by atoms with E-state index in [2.05, 4.69) is 20.4 Å². The number of hydrogen-bond donors (Lipinski definition) is 0. The maximum atomic E-state index is 12.2. The minimum Gasteiger partial charge on any atom is -0.459 e. The van der Waals surface area contributed by atoms with Gasteiger partial charge in [-0.1, -0.05) is 82.5 Å². The lowest BCUT2D eigenvalue weighted by Crippen LogP contribution is -2.25. The Kier molecular flexibility index (Phi) is 15.1. The minimum atomic E-state index is -0.363. The summed E-state index contributed by atoms with van der Waals surface area (Å²) >= 11 is 0. The smallest absolute Gasteiger partial charge is 0.338 e. The van der Waals surface area contributed by atoms with Crippen molar-refractivity contribution in [1.29, 1.82) is 0 Å². The van der Waals surface area contributed by atoms with E-state index in [9.17, 15) is 9.59 Å². The first-order valence-corrected chi connectivity index (χ1v) is 12.6. The maximum absolute atomic E-state index is 12.2. The summed E-state index contributed by atoms with van der Waals surface area (Å²) in [6, 6.07) is 17.8. The molecule has 0 radical (unpaired) electrons. The molecule has 0 aliphatic rings. The Morgan fingerprint density at radius 2 is 1.32 bits per heavy atom. The van der Waals surface area contributed by atoms with Crippen LogP contribution in [0, 0.1) is 5.92 Å². The lowest BCUT2D eigenvalue weighted by molar-refractivity contribution is 0.00162. The van der Waals surface area contributed by atoms with Gasteiger partial charge in [0, 0.05) is 6.42 Å². The van der Waals surface area contributed by atoms with Gasteiger partial charge >= 0.3 is 11.9 Å². The van der Waals surface area contributed by atoms with E-state index in [1.807, 2.05) is 32.1 Å². The zero-order chi connectivity index (χ0) is 25.2. The van der Waals surface area contributed by atoms with Crippen LogP contribution in [0.2, 0.25) is 0 Å². The van der Waals surface area contributed by atoms with Gasteiger partial charge in [0.1, 0.15) is 12.2 Å². The van der Waals surface area contributed by atoms with E-state index in [0.717, 1.165) is 18.8 Å². The molecule has 4 heteroatoms. The van der Waals surface area contributed by atoms with Gasteiger partial charge in [-0.15, -0.1) is 6.58 Å². The van der Waals surface area contributed by atoms with Crippen molar-refractivity contribution in [3.63, 3.8) is 0 Å². The van der Waals surface area contributed by atoms with Crippen LogP contribution in [0.4, 0.5) is 0 Å². The quantitative estimate of drug-likeness (QED) is 0.221. The van der Waals surface area contributed by atoms with Crippen LogP contribution in [-0.4, -0.2) is 24.1 Å². The molecule has 0 saturated heterocycles. The zero-order valence-corrected chi connectivity index (χ0v) is 21.4. The van der Waals surface area contributed by atoms with E-state index in [-0.39, 0.29) is 24.1 Å². The summed E-state index contributed by atoms with van der Waals surface area (Å²) in [5.41, 5.74) is 1.04. The van der Waals surface area contributed by atoms with Gasteiger partial charge in [0.05, 0.1) is 11.1 Å². The Morgan fingerprint density at radius 3 is 1.76 bits per heavy atom. The second-order valence-electron chi connectivity index (χ2n) is 8.55. The highest BCUT2D eigenvalue weighted by Crippen LogP contribution is 2.16. The normalized spacial score (nSPS) is 12.1. The van der Waals surface area contributed by atoms with Crippen LogP contribution in [-0.2, 0) is 9.47 Å². The van der Waals surface area contributed by atoms with Crippen molar-refractivity contribution in [3.05, 3.63) is 84.4 Å². The largest absolute Gasteiger partial charge is 0.459 e. The monoisotopic (exact) mass is 466 g/mol. The summed E-state index contributed by atoms with van der Waals surface area (Å²) in [5.74, 6) is 0.223. The standard InChI is InChI=1S/C21H24O4.C9H18/c1-3-10-19(25-21(23)18-13-8-5-9-14-18)15-16(2)24-20(22)17-11-6-4-7-12-17;1-4-7-8-9(5-2)6-3/h4-9,11-14,16,19H,3,10,15H2,1-2H3;4,9H,1,5-8H2,2-3H3. The molecule has 0 aliphatic carbocycles. The molecule has 2 rings (SSSR count). The Balaban J connectivity index is 0.000000546. The first kappa shape index (κ1) is 29.2. The second kappa shape index (κ2) is 17.6. The summed E-state index contributed by atoms with van der Waals surface area (Å²) in [7, 11) is 0. The van der Waals surface area contributed by atoms with Gasteiger partial charge in [-0.3, -0.25) is 0 Å². The van der Waals surface area contributed by atoms with Crippen molar-refractivity contribution in [2.24, 2.45) is 5.92 Å². The van der Waals surface area contributed by atoms with Gasteiger partial charge in [0.25, 0.3) is 0 Å². The number of allylic oxidation sites excluding steroid dienone is 1. The van der Waals surface area contributed by atoms with Gasteiger partial charge in [0.2, 0.25) is 0 Å². The SMILES string of the molecule is C=CCCC(CC)CC.CCCC(CC(C)OC(=O)c1ccccc1)OC(=O)c1ccccc1. The zero-order valence-electron chi connectivity index (χ0n) is 21.4. The Bertz CT molecular complexity index is 812. The Labute approximate surface area is 206 Å². The number of carbonyl (C=O) groups is 2. The molecule has 0 aliphatic heterocycles. The molecule has 0 fully saturated rings. The van der Waals surface area contributed by atoms with E-state index < -0.39 is 0 Å². The van der Waals surface area contributed by atoms with E-state index in [1.165, 1.54) is 25.7 Å².